The number of imide groups is 1. The minimum Gasteiger partial charge on any atom is -0.309 e. The first-order chi connectivity index (χ1) is 9.79. The van der Waals surface area contributed by atoms with Crippen LogP contribution in [0.5, 0.6) is 0 Å². The van der Waals surface area contributed by atoms with Gasteiger partial charge in [0.1, 0.15) is 5.54 Å². The Morgan fingerprint density at radius 1 is 1.14 bits per heavy atom. The van der Waals surface area contributed by atoms with Crippen molar-refractivity contribution in [2.24, 2.45) is 0 Å². The maximum Gasteiger partial charge on any atom is 0.325 e. The minimum atomic E-state index is -3.22. The number of rotatable bonds is 4. The van der Waals surface area contributed by atoms with Crippen molar-refractivity contribution in [3.8, 4) is 0 Å². The smallest absolute Gasteiger partial charge is 0.309 e. The molecule has 1 spiro atoms. The summed E-state index contributed by atoms with van der Waals surface area (Å²) in [5, 5.41) is 1.91. The van der Waals surface area contributed by atoms with E-state index in [2.05, 4.69) is 5.32 Å². The lowest BCUT2D eigenvalue weighted by molar-refractivity contribution is -0.127. The monoisotopic (exact) mass is 316 g/mol. The van der Waals surface area contributed by atoms with Gasteiger partial charge < -0.3 is 4.90 Å². The van der Waals surface area contributed by atoms with Crippen LogP contribution < -0.4 is 5.32 Å². The average Bonchev–Trinajstić information content (AvgIpc) is 2.59. The number of nitrogens with one attached hydrogen (secondary N) is 1. The van der Waals surface area contributed by atoms with E-state index >= 15 is 0 Å². The highest BCUT2D eigenvalue weighted by Gasteiger charge is 2.52. The van der Waals surface area contributed by atoms with Gasteiger partial charge >= 0.3 is 6.03 Å². The molecule has 1 saturated carbocycles. The van der Waals surface area contributed by atoms with Crippen molar-refractivity contribution in [1.82, 2.24) is 10.2 Å². The van der Waals surface area contributed by atoms with Gasteiger partial charge in [0, 0.05) is 6.54 Å². The molecular formula is C14H24N2O4S. The first-order valence-electron chi connectivity index (χ1n) is 7.64. The third-order valence-corrected chi connectivity index (χ3v) is 6.84. The number of urea groups is 1. The van der Waals surface area contributed by atoms with Crippen LogP contribution in [-0.4, -0.2) is 48.3 Å². The molecule has 2 fully saturated rings. The van der Waals surface area contributed by atoms with Crippen LogP contribution >= 0.6 is 0 Å². The Morgan fingerprint density at radius 3 is 2.24 bits per heavy atom. The standard InChI is InChI=1S/C14H24N2O4S/c1-11(2)21(19,20)10-9-16-13(18)15-12(17)14(16)7-5-3-4-6-8-14/h11H,3-10H2,1-2H3,(H,15,17,18). The molecular weight excluding hydrogens is 292 g/mol. The van der Waals surface area contributed by atoms with Gasteiger partial charge in [0.2, 0.25) is 0 Å². The summed E-state index contributed by atoms with van der Waals surface area (Å²) in [6.07, 6.45) is 5.17. The molecule has 0 unspecified atom stereocenters. The van der Waals surface area contributed by atoms with Crippen LogP contribution in [0.15, 0.2) is 0 Å². The molecule has 21 heavy (non-hydrogen) atoms. The van der Waals surface area contributed by atoms with Gasteiger partial charge in [-0.1, -0.05) is 25.7 Å². The number of sulfone groups is 1. The zero-order valence-electron chi connectivity index (χ0n) is 12.7. The predicted molar refractivity (Wildman–Crippen MR) is 79.6 cm³/mol. The summed E-state index contributed by atoms with van der Waals surface area (Å²) in [7, 11) is -3.22. The molecule has 1 N–H and O–H groups in total. The molecule has 0 aromatic carbocycles. The Morgan fingerprint density at radius 2 is 1.71 bits per heavy atom. The van der Waals surface area contributed by atoms with Gasteiger partial charge in [-0.3, -0.25) is 10.1 Å². The summed E-state index contributed by atoms with van der Waals surface area (Å²) >= 11 is 0. The Bertz CT molecular complexity index is 519. The Balaban J connectivity index is 2.18. The zero-order valence-corrected chi connectivity index (χ0v) is 13.5. The van der Waals surface area contributed by atoms with Gasteiger partial charge in [-0.2, -0.15) is 0 Å². The molecule has 3 amide bonds. The summed E-state index contributed by atoms with van der Waals surface area (Å²) in [5.41, 5.74) is -0.819. The fourth-order valence-electron chi connectivity index (χ4n) is 3.18. The second-order valence-electron chi connectivity index (χ2n) is 6.27. The van der Waals surface area contributed by atoms with Gasteiger partial charge in [-0.05, 0) is 26.7 Å². The van der Waals surface area contributed by atoms with Gasteiger partial charge in [0.15, 0.2) is 9.84 Å². The van der Waals surface area contributed by atoms with E-state index in [0.717, 1.165) is 25.7 Å². The van der Waals surface area contributed by atoms with Crippen molar-refractivity contribution < 1.29 is 18.0 Å². The molecule has 120 valence electrons. The van der Waals surface area contributed by atoms with Crippen molar-refractivity contribution in [1.29, 1.82) is 0 Å². The SMILES string of the molecule is CC(C)S(=O)(=O)CCN1C(=O)NC(=O)C12CCCCCC2. The quantitative estimate of drug-likeness (QED) is 0.796. The number of hydrogen-bond donors (Lipinski definition) is 1. The van der Waals surface area contributed by atoms with E-state index in [9.17, 15) is 18.0 Å². The number of hydrogen-bond acceptors (Lipinski definition) is 4. The van der Waals surface area contributed by atoms with E-state index in [1.54, 1.807) is 13.8 Å². The number of carbonyl (C=O) groups excluding carboxylic acids is 2. The maximum atomic E-state index is 12.3. The van der Waals surface area contributed by atoms with Crippen LogP contribution in [-0.2, 0) is 14.6 Å². The molecule has 6 nitrogen and oxygen atoms in total. The highest BCUT2D eigenvalue weighted by Crippen LogP contribution is 2.36. The van der Waals surface area contributed by atoms with E-state index in [0.29, 0.717) is 12.8 Å². The van der Waals surface area contributed by atoms with E-state index in [1.165, 1.54) is 4.90 Å². The molecule has 1 saturated heterocycles. The Kier molecular flexibility index (Phi) is 4.60. The molecule has 2 rings (SSSR count). The lowest BCUT2D eigenvalue weighted by Crippen LogP contribution is -2.51. The first kappa shape index (κ1) is 16.3. The van der Waals surface area contributed by atoms with Crippen LogP contribution in [0.4, 0.5) is 4.79 Å². The molecule has 7 heteroatoms. The molecule has 0 bridgehead atoms. The Labute approximate surface area is 126 Å². The largest absolute Gasteiger partial charge is 0.325 e. The van der Waals surface area contributed by atoms with Gasteiger partial charge in [0.05, 0.1) is 11.0 Å². The van der Waals surface area contributed by atoms with Crippen LogP contribution in [0, 0.1) is 0 Å². The van der Waals surface area contributed by atoms with Crippen molar-refractivity contribution in [2.45, 2.75) is 63.2 Å². The fraction of sp³-hybridized carbons (Fsp3) is 0.857. The topological polar surface area (TPSA) is 83.6 Å². The van der Waals surface area contributed by atoms with E-state index in [-0.39, 0.29) is 18.2 Å². The molecule has 0 atom stereocenters. The zero-order chi connectivity index (χ0) is 15.7. The third-order valence-electron chi connectivity index (χ3n) is 4.65. The molecule has 0 aromatic heterocycles. The lowest BCUT2D eigenvalue weighted by atomic mass is 9.89. The lowest BCUT2D eigenvalue weighted by Gasteiger charge is -2.34. The second-order valence-corrected chi connectivity index (χ2v) is 8.95. The highest BCUT2D eigenvalue weighted by atomic mass is 32.2. The van der Waals surface area contributed by atoms with E-state index in [1.807, 2.05) is 0 Å². The maximum absolute atomic E-state index is 12.3. The van der Waals surface area contributed by atoms with Crippen LogP contribution in [0.1, 0.15) is 52.4 Å². The predicted octanol–water partition coefficient (Wildman–Crippen LogP) is 1.45. The van der Waals surface area contributed by atoms with E-state index in [4.69, 9.17) is 0 Å². The second kappa shape index (κ2) is 5.94. The highest BCUT2D eigenvalue weighted by molar-refractivity contribution is 7.92. The summed E-state index contributed by atoms with van der Waals surface area (Å²) in [6.45, 7) is 3.36. The van der Waals surface area contributed by atoms with Crippen molar-refractivity contribution in [3.05, 3.63) is 0 Å². The van der Waals surface area contributed by atoms with Crippen LogP contribution in [0.2, 0.25) is 0 Å². The number of amides is 3. The van der Waals surface area contributed by atoms with Gasteiger partial charge in [0.25, 0.3) is 5.91 Å². The molecule has 1 aliphatic carbocycles. The Hall–Kier alpha value is -1.11. The minimum absolute atomic E-state index is 0.0902. The normalized spacial score (nSPS) is 22.7. The molecule has 1 heterocycles. The number of nitrogens with zero attached hydrogens (tertiary/aromatic N) is 1. The molecule has 0 aromatic rings. The summed E-state index contributed by atoms with van der Waals surface area (Å²) in [5.74, 6) is -0.344. The third kappa shape index (κ3) is 3.07. The summed E-state index contributed by atoms with van der Waals surface area (Å²) < 4.78 is 23.9. The van der Waals surface area contributed by atoms with Gasteiger partial charge in [-0.15, -0.1) is 0 Å². The van der Waals surface area contributed by atoms with E-state index < -0.39 is 26.7 Å². The van der Waals surface area contributed by atoms with Crippen LogP contribution in [0.3, 0.4) is 0 Å². The molecule has 2 aliphatic rings. The van der Waals surface area contributed by atoms with Crippen molar-refractivity contribution in [2.75, 3.05) is 12.3 Å². The van der Waals surface area contributed by atoms with Crippen LogP contribution in [0.25, 0.3) is 0 Å². The fourth-order valence-corrected chi connectivity index (χ4v) is 4.09. The summed E-state index contributed by atoms with van der Waals surface area (Å²) in [4.78, 5) is 25.8. The molecule has 1 aliphatic heterocycles. The van der Waals surface area contributed by atoms with Gasteiger partial charge in [-0.25, -0.2) is 13.2 Å². The average molecular weight is 316 g/mol. The van der Waals surface area contributed by atoms with Crippen molar-refractivity contribution >= 4 is 21.8 Å². The number of carbonyl (C=O) groups is 2. The first-order valence-corrected chi connectivity index (χ1v) is 9.36. The summed E-state index contributed by atoms with van der Waals surface area (Å²) in [6, 6.07) is -0.444. The molecule has 0 radical (unpaired) electrons. The van der Waals surface area contributed by atoms with Crippen molar-refractivity contribution in [3.63, 3.8) is 0 Å².